The summed E-state index contributed by atoms with van der Waals surface area (Å²) in [6.07, 6.45) is 4.32. The summed E-state index contributed by atoms with van der Waals surface area (Å²) in [5, 5.41) is 4.25. The summed E-state index contributed by atoms with van der Waals surface area (Å²) in [5.41, 5.74) is 3.70. The fourth-order valence-electron chi connectivity index (χ4n) is 3.41. The van der Waals surface area contributed by atoms with Crippen molar-refractivity contribution in [1.29, 1.82) is 0 Å². The summed E-state index contributed by atoms with van der Waals surface area (Å²) in [6, 6.07) is 8.68. The van der Waals surface area contributed by atoms with Gasteiger partial charge in [-0.3, -0.25) is 9.48 Å². The van der Waals surface area contributed by atoms with Crippen LogP contribution in [0.3, 0.4) is 0 Å². The lowest BCUT2D eigenvalue weighted by Gasteiger charge is -2.41. The van der Waals surface area contributed by atoms with Crippen molar-refractivity contribution in [3.05, 3.63) is 47.8 Å². The fourth-order valence-corrected chi connectivity index (χ4v) is 3.41. The third kappa shape index (κ3) is 3.61. The number of benzene rings is 1. The molecule has 0 unspecified atom stereocenters. The molecule has 0 saturated carbocycles. The summed E-state index contributed by atoms with van der Waals surface area (Å²) >= 11 is 0. The maximum absolute atomic E-state index is 12.6. The number of aryl methyl sites for hydroxylation is 3. The summed E-state index contributed by atoms with van der Waals surface area (Å²) in [5.74, 6) is 0.222. The Hall–Kier alpha value is -2.30. The molecule has 1 aliphatic rings. The lowest BCUT2D eigenvalue weighted by atomic mass is 10.1. The fraction of sp³-hybridized carbons (Fsp3) is 0.474. The van der Waals surface area contributed by atoms with Crippen LogP contribution >= 0.6 is 0 Å². The molecule has 1 aromatic carbocycles. The average molecular weight is 326 g/mol. The molecule has 1 aromatic heterocycles. The van der Waals surface area contributed by atoms with Crippen LogP contribution in [0.15, 0.2) is 36.7 Å². The smallest absolute Gasteiger partial charge is 0.224 e. The second kappa shape index (κ2) is 7.07. The van der Waals surface area contributed by atoms with Gasteiger partial charge in [-0.05, 0) is 38.0 Å². The molecular weight excluding hydrogens is 300 g/mol. The minimum absolute atomic E-state index is 0.222. The Labute approximate surface area is 143 Å². The van der Waals surface area contributed by atoms with Crippen LogP contribution in [0.5, 0.6) is 0 Å². The first-order valence-electron chi connectivity index (χ1n) is 8.63. The standard InChI is InChI=1S/C19H26N4O/c1-15-12-20-22(13-15)9-8-19(24)23-11-10-21(14-17(23)3)18-7-5-4-6-16(18)2/h4-7,12-13,17H,8-11,14H2,1-3H3/t17-/m1/s1. The van der Waals surface area contributed by atoms with E-state index >= 15 is 0 Å². The topological polar surface area (TPSA) is 41.4 Å². The van der Waals surface area contributed by atoms with Gasteiger partial charge in [0.1, 0.15) is 0 Å². The summed E-state index contributed by atoms with van der Waals surface area (Å²) in [6.45, 7) is 9.51. The van der Waals surface area contributed by atoms with E-state index in [0.717, 1.165) is 25.2 Å². The van der Waals surface area contributed by atoms with E-state index in [1.54, 1.807) is 0 Å². The van der Waals surface area contributed by atoms with Crippen LogP contribution in [-0.2, 0) is 11.3 Å². The molecule has 0 spiro atoms. The second-order valence-corrected chi connectivity index (χ2v) is 6.70. The van der Waals surface area contributed by atoms with Crippen molar-refractivity contribution < 1.29 is 4.79 Å². The molecule has 1 amide bonds. The van der Waals surface area contributed by atoms with E-state index in [1.165, 1.54) is 11.3 Å². The van der Waals surface area contributed by atoms with Gasteiger partial charge in [-0.25, -0.2) is 0 Å². The van der Waals surface area contributed by atoms with E-state index in [1.807, 2.05) is 28.9 Å². The number of rotatable bonds is 4. The van der Waals surface area contributed by atoms with Crippen LogP contribution in [-0.4, -0.2) is 46.3 Å². The van der Waals surface area contributed by atoms with Crippen molar-refractivity contribution in [3.63, 3.8) is 0 Å². The van der Waals surface area contributed by atoms with Crippen molar-refractivity contribution in [1.82, 2.24) is 14.7 Å². The normalized spacial score (nSPS) is 18.0. The number of carbonyl (C=O) groups excluding carboxylic acids is 1. The molecule has 1 fully saturated rings. The average Bonchev–Trinajstić information content (AvgIpc) is 2.98. The van der Waals surface area contributed by atoms with Crippen LogP contribution in [0.25, 0.3) is 0 Å². The molecule has 1 atom stereocenters. The third-order valence-electron chi connectivity index (χ3n) is 4.72. The van der Waals surface area contributed by atoms with E-state index in [-0.39, 0.29) is 11.9 Å². The second-order valence-electron chi connectivity index (χ2n) is 6.70. The number of hydrogen-bond acceptors (Lipinski definition) is 3. The molecule has 24 heavy (non-hydrogen) atoms. The highest BCUT2D eigenvalue weighted by Gasteiger charge is 2.27. The number of amides is 1. The predicted molar refractivity (Wildman–Crippen MR) is 96.1 cm³/mol. The van der Waals surface area contributed by atoms with Crippen LogP contribution in [0.4, 0.5) is 5.69 Å². The van der Waals surface area contributed by atoms with Gasteiger partial charge >= 0.3 is 0 Å². The third-order valence-corrected chi connectivity index (χ3v) is 4.72. The van der Waals surface area contributed by atoms with Crippen LogP contribution < -0.4 is 4.90 Å². The summed E-state index contributed by atoms with van der Waals surface area (Å²) in [7, 11) is 0. The molecule has 0 bridgehead atoms. The molecule has 5 heteroatoms. The number of hydrogen-bond donors (Lipinski definition) is 0. The lowest BCUT2D eigenvalue weighted by molar-refractivity contribution is -0.133. The van der Waals surface area contributed by atoms with Crippen LogP contribution in [0.2, 0.25) is 0 Å². The summed E-state index contributed by atoms with van der Waals surface area (Å²) in [4.78, 5) is 17.0. The molecule has 128 valence electrons. The highest BCUT2D eigenvalue weighted by molar-refractivity contribution is 5.77. The van der Waals surface area contributed by atoms with E-state index in [0.29, 0.717) is 13.0 Å². The molecule has 2 aromatic rings. The summed E-state index contributed by atoms with van der Waals surface area (Å²) < 4.78 is 1.85. The van der Waals surface area contributed by atoms with E-state index < -0.39 is 0 Å². The monoisotopic (exact) mass is 326 g/mol. The van der Waals surface area contributed by atoms with E-state index in [2.05, 4.69) is 48.1 Å². The Morgan fingerprint density at radius 2 is 2.04 bits per heavy atom. The van der Waals surface area contributed by atoms with Gasteiger partial charge in [0, 0.05) is 50.5 Å². The zero-order valence-corrected chi connectivity index (χ0v) is 14.8. The largest absolute Gasteiger partial charge is 0.367 e. The number of carbonyl (C=O) groups is 1. The lowest BCUT2D eigenvalue weighted by Crippen LogP contribution is -2.54. The number of para-hydroxylation sites is 1. The number of anilines is 1. The molecule has 1 saturated heterocycles. The molecule has 0 radical (unpaired) electrons. The Morgan fingerprint density at radius 3 is 2.71 bits per heavy atom. The maximum atomic E-state index is 12.6. The molecule has 3 rings (SSSR count). The number of aromatic nitrogens is 2. The van der Waals surface area contributed by atoms with Crippen molar-refractivity contribution in [2.24, 2.45) is 0 Å². The zero-order chi connectivity index (χ0) is 17.1. The van der Waals surface area contributed by atoms with Crippen molar-refractivity contribution in [2.45, 2.75) is 39.8 Å². The number of nitrogens with zero attached hydrogens (tertiary/aromatic N) is 4. The first-order valence-corrected chi connectivity index (χ1v) is 8.63. The first-order chi connectivity index (χ1) is 11.5. The molecular formula is C19H26N4O. The Kier molecular flexibility index (Phi) is 4.88. The van der Waals surface area contributed by atoms with Crippen molar-refractivity contribution >= 4 is 11.6 Å². The van der Waals surface area contributed by atoms with Gasteiger partial charge in [-0.2, -0.15) is 5.10 Å². The SMILES string of the molecule is Cc1cnn(CCC(=O)N2CCN(c3ccccc3C)C[C@H]2C)c1. The molecule has 1 aliphatic heterocycles. The molecule has 5 nitrogen and oxygen atoms in total. The number of piperazine rings is 1. The maximum Gasteiger partial charge on any atom is 0.224 e. The predicted octanol–water partition coefficient (Wildman–Crippen LogP) is 2.63. The zero-order valence-electron chi connectivity index (χ0n) is 14.8. The van der Waals surface area contributed by atoms with Gasteiger partial charge < -0.3 is 9.80 Å². The van der Waals surface area contributed by atoms with E-state index in [4.69, 9.17) is 0 Å². The van der Waals surface area contributed by atoms with Gasteiger partial charge in [0.25, 0.3) is 0 Å². The Bertz CT molecular complexity index is 709. The molecule has 2 heterocycles. The van der Waals surface area contributed by atoms with Gasteiger partial charge in [0.05, 0.1) is 6.20 Å². The van der Waals surface area contributed by atoms with Crippen LogP contribution in [0, 0.1) is 13.8 Å². The van der Waals surface area contributed by atoms with Gasteiger partial charge in [0.15, 0.2) is 0 Å². The molecule has 0 N–H and O–H groups in total. The first kappa shape index (κ1) is 16.6. The van der Waals surface area contributed by atoms with Crippen molar-refractivity contribution in [3.8, 4) is 0 Å². The van der Waals surface area contributed by atoms with Crippen molar-refractivity contribution in [2.75, 3.05) is 24.5 Å². The van der Waals surface area contributed by atoms with Gasteiger partial charge in [0.2, 0.25) is 5.91 Å². The highest BCUT2D eigenvalue weighted by Crippen LogP contribution is 2.23. The van der Waals surface area contributed by atoms with Crippen LogP contribution in [0.1, 0.15) is 24.5 Å². The quantitative estimate of drug-likeness (QED) is 0.867. The van der Waals surface area contributed by atoms with Gasteiger partial charge in [-0.15, -0.1) is 0 Å². The minimum Gasteiger partial charge on any atom is -0.367 e. The van der Waals surface area contributed by atoms with Gasteiger partial charge in [-0.1, -0.05) is 18.2 Å². The minimum atomic E-state index is 0.222. The molecule has 0 aliphatic carbocycles. The Morgan fingerprint density at radius 1 is 1.25 bits per heavy atom. The van der Waals surface area contributed by atoms with E-state index in [9.17, 15) is 4.79 Å². The highest BCUT2D eigenvalue weighted by atomic mass is 16.2. The Balaban J connectivity index is 1.57.